The minimum Gasteiger partial charge on any atom is -0.347 e. The van der Waals surface area contributed by atoms with Gasteiger partial charge in [0.2, 0.25) is 0 Å². The van der Waals surface area contributed by atoms with Crippen molar-refractivity contribution in [1.82, 2.24) is 0 Å². The molecule has 3 nitrogen and oxygen atoms in total. The summed E-state index contributed by atoms with van der Waals surface area (Å²) in [5, 5.41) is 2.95. The fraction of sp³-hybridized carbons (Fsp3) is 0.167. The van der Waals surface area contributed by atoms with Gasteiger partial charge in [0.15, 0.2) is 0 Å². The Kier molecular flexibility index (Phi) is 2.61. The maximum absolute atomic E-state index is 12.2. The molecule has 0 atom stereocenters. The van der Waals surface area contributed by atoms with Gasteiger partial charge in [-0.2, -0.15) is 0 Å². The zero-order chi connectivity index (χ0) is 14.4. The first-order chi connectivity index (χ1) is 10.2. The number of nitrogens with zero attached hydrogens (tertiary/aromatic N) is 1. The van der Waals surface area contributed by atoms with E-state index in [2.05, 4.69) is 28.4 Å². The van der Waals surface area contributed by atoms with Crippen LogP contribution in [0.15, 0.2) is 48.7 Å². The molecule has 3 heteroatoms. The molecule has 1 N–H and O–H groups in total. The predicted molar refractivity (Wildman–Crippen MR) is 85.3 cm³/mol. The van der Waals surface area contributed by atoms with Crippen molar-refractivity contribution in [2.75, 3.05) is 16.8 Å². The van der Waals surface area contributed by atoms with E-state index in [1.807, 2.05) is 37.4 Å². The quantitative estimate of drug-likeness (QED) is 0.810. The molecule has 2 aliphatic heterocycles. The van der Waals surface area contributed by atoms with Crippen LogP contribution in [0.1, 0.15) is 16.7 Å². The highest BCUT2D eigenvalue weighted by Crippen LogP contribution is 2.35. The number of carbonyl (C=O) groups excluding carboxylic acids is 1. The number of hydrogen-bond acceptors (Lipinski definition) is 2. The number of amides is 1. The predicted octanol–water partition coefficient (Wildman–Crippen LogP) is 3.35. The molecule has 1 amide bonds. The third-order valence-corrected chi connectivity index (χ3v) is 4.17. The molecule has 0 aromatic heterocycles. The summed E-state index contributed by atoms with van der Waals surface area (Å²) in [6, 6.07) is 14.5. The minimum atomic E-state index is -0.0139. The number of anilines is 2. The summed E-state index contributed by atoms with van der Waals surface area (Å²) in [4.78, 5) is 14.4. The number of benzene rings is 2. The van der Waals surface area contributed by atoms with Crippen LogP contribution in [0.4, 0.5) is 11.4 Å². The smallest absolute Gasteiger partial charge is 0.257 e. The third kappa shape index (κ3) is 1.93. The van der Waals surface area contributed by atoms with Crippen LogP contribution >= 0.6 is 0 Å². The van der Waals surface area contributed by atoms with Crippen LogP contribution in [0.25, 0.3) is 5.57 Å². The molecule has 0 radical (unpaired) electrons. The molecule has 0 aliphatic carbocycles. The largest absolute Gasteiger partial charge is 0.347 e. The zero-order valence-electron chi connectivity index (χ0n) is 11.9. The van der Waals surface area contributed by atoms with Gasteiger partial charge in [0, 0.05) is 29.7 Å². The lowest BCUT2D eigenvalue weighted by molar-refractivity contribution is -0.110. The van der Waals surface area contributed by atoms with Crippen molar-refractivity contribution in [3.8, 4) is 0 Å². The second-order valence-electron chi connectivity index (χ2n) is 5.62. The van der Waals surface area contributed by atoms with Crippen LogP contribution in [-0.2, 0) is 11.2 Å². The Morgan fingerprint density at radius 3 is 2.95 bits per heavy atom. The highest BCUT2D eigenvalue weighted by Gasteiger charge is 2.26. The number of fused-ring (bicyclic) bond motifs is 2. The molecular formula is C18H16N2O. The van der Waals surface area contributed by atoms with Gasteiger partial charge in [0.05, 0.1) is 5.57 Å². The van der Waals surface area contributed by atoms with Gasteiger partial charge in [0.25, 0.3) is 5.91 Å². The van der Waals surface area contributed by atoms with Gasteiger partial charge in [-0.3, -0.25) is 4.79 Å². The van der Waals surface area contributed by atoms with E-state index in [0.29, 0.717) is 0 Å². The first kappa shape index (κ1) is 12.2. The number of hydrogen-bond donors (Lipinski definition) is 1. The average molecular weight is 276 g/mol. The zero-order valence-corrected chi connectivity index (χ0v) is 11.9. The van der Waals surface area contributed by atoms with E-state index >= 15 is 0 Å². The number of carbonyl (C=O) groups is 1. The molecule has 0 saturated carbocycles. The number of aryl methyl sites for hydroxylation is 1. The van der Waals surface area contributed by atoms with E-state index in [4.69, 9.17) is 0 Å². The van der Waals surface area contributed by atoms with Crippen molar-refractivity contribution >= 4 is 22.9 Å². The van der Waals surface area contributed by atoms with Crippen LogP contribution in [0, 0.1) is 6.92 Å². The monoisotopic (exact) mass is 276 g/mol. The fourth-order valence-corrected chi connectivity index (χ4v) is 3.09. The molecule has 0 unspecified atom stereocenters. The minimum absolute atomic E-state index is 0.0139. The van der Waals surface area contributed by atoms with Crippen molar-refractivity contribution in [2.45, 2.75) is 13.3 Å². The first-order valence-corrected chi connectivity index (χ1v) is 7.21. The van der Waals surface area contributed by atoms with Crippen molar-refractivity contribution in [2.24, 2.45) is 0 Å². The Hall–Kier alpha value is -2.55. The first-order valence-electron chi connectivity index (χ1n) is 7.21. The lowest BCUT2D eigenvalue weighted by Crippen LogP contribution is -2.15. The van der Waals surface area contributed by atoms with E-state index in [1.165, 1.54) is 11.3 Å². The molecular weight excluding hydrogens is 260 g/mol. The van der Waals surface area contributed by atoms with Crippen LogP contribution in [0.3, 0.4) is 0 Å². The summed E-state index contributed by atoms with van der Waals surface area (Å²) in [6.07, 6.45) is 3.02. The maximum atomic E-state index is 12.2. The van der Waals surface area contributed by atoms with Crippen molar-refractivity contribution in [3.05, 3.63) is 65.4 Å². The van der Waals surface area contributed by atoms with Gasteiger partial charge < -0.3 is 10.2 Å². The van der Waals surface area contributed by atoms with E-state index in [0.717, 1.165) is 35.4 Å². The van der Waals surface area contributed by atoms with Crippen LogP contribution < -0.4 is 10.2 Å². The van der Waals surface area contributed by atoms with E-state index < -0.39 is 0 Å². The molecule has 21 heavy (non-hydrogen) atoms. The second kappa shape index (κ2) is 4.48. The fourth-order valence-electron chi connectivity index (χ4n) is 3.09. The Balaban J connectivity index is 1.77. The molecule has 2 aromatic rings. The normalized spacial score (nSPS) is 17.9. The standard InChI is InChI=1S/C18H16N2O/c1-12-6-7-14-15(18(21)19-16(14)10-12)11-20-9-8-13-4-2-3-5-17(13)20/h2-7,10-11H,8-9H2,1H3,(H,19,21)/b15-11+. The SMILES string of the molecule is Cc1ccc2c(c1)NC(=O)/C2=C/N1CCc2ccccc21. The van der Waals surface area contributed by atoms with Gasteiger partial charge in [0.1, 0.15) is 0 Å². The molecule has 0 bridgehead atoms. The van der Waals surface area contributed by atoms with Crippen molar-refractivity contribution in [1.29, 1.82) is 0 Å². The van der Waals surface area contributed by atoms with Crippen LogP contribution in [0.2, 0.25) is 0 Å². The molecule has 2 heterocycles. The third-order valence-electron chi connectivity index (χ3n) is 4.17. The summed E-state index contributed by atoms with van der Waals surface area (Å²) in [6.45, 7) is 2.96. The Morgan fingerprint density at radius 1 is 1.19 bits per heavy atom. The van der Waals surface area contributed by atoms with Gasteiger partial charge in [-0.15, -0.1) is 0 Å². The van der Waals surface area contributed by atoms with Gasteiger partial charge >= 0.3 is 0 Å². The Morgan fingerprint density at radius 2 is 2.05 bits per heavy atom. The summed E-state index contributed by atoms with van der Waals surface area (Å²) >= 11 is 0. The van der Waals surface area contributed by atoms with Crippen LogP contribution in [-0.4, -0.2) is 12.5 Å². The summed E-state index contributed by atoms with van der Waals surface area (Å²) in [7, 11) is 0. The number of nitrogens with one attached hydrogen (secondary N) is 1. The van der Waals surface area contributed by atoms with Gasteiger partial charge in [-0.1, -0.05) is 30.3 Å². The highest BCUT2D eigenvalue weighted by atomic mass is 16.2. The van der Waals surface area contributed by atoms with Gasteiger partial charge in [-0.25, -0.2) is 0 Å². The van der Waals surface area contributed by atoms with Crippen molar-refractivity contribution in [3.63, 3.8) is 0 Å². The molecule has 4 rings (SSSR count). The lowest BCUT2D eigenvalue weighted by atomic mass is 10.1. The summed E-state index contributed by atoms with van der Waals surface area (Å²) in [5.41, 5.74) is 6.37. The average Bonchev–Trinajstić information content (AvgIpc) is 3.01. The molecule has 104 valence electrons. The van der Waals surface area contributed by atoms with Gasteiger partial charge in [-0.05, 0) is 36.6 Å². The molecule has 2 aliphatic rings. The summed E-state index contributed by atoms with van der Waals surface area (Å²) in [5.74, 6) is -0.0139. The Labute approximate surface area is 123 Å². The lowest BCUT2D eigenvalue weighted by Gasteiger charge is -2.14. The topological polar surface area (TPSA) is 32.3 Å². The van der Waals surface area contributed by atoms with Crippen LogP contribution in [0.5, 0.6) is 0 Å². The molecule has 0 saturated heterocycles. The highest BCUT2D eigenvalue weighted by molar-refractivity contribution is 6.31. The maximum Gasteiger partial charge on any atom is 0.257 e. The molecule has 0 spiro atoms. The number of rotatable bonds is 1. The van der Waals surface area contributed by atoms with E-state index in [1.54, 1.807) is 0 Å². The van der Waals surface area contributed by atoms with E-state index in [-0.39, 0.29) is 5.91 Å². The number of para-hydroxylation sites is 1. The molecule has 2 aromatic carbocycles. The van der Waals surface area contributed by atoms with E-state index in [9.17, 15) is 4.79 Å². The second-order valence-corrected chi connectivity index (χ2v) is 5.62. The molecule has 0 fully saturated rings. The summed E-state index contributed by atoms with van der Waals surface area (Å²) < 4.78 is 0. The Bertz CT molecular complexity index is 777. The van der Waals surface area contributed by atoms with Crippen molar-refractivity contribution < 1.29 is 4.79 Å².